The summed E-state index contributed by atoms with van der Waals surface area (Å²) in [5, 5.41) is 20.4. The van der Waals surface area contributed by atoms with Gasteiger partial charge in [0.05, 0.1) is 25.8 Å². The number of nitrogens with one attached hydrogen (secondary N) is 2. The Hall–Kier alpha value is -4.12. The number of methoxy groups -OCH3 is 1. The van der Waals surface area contributed by atoms with Crippen molar-refractivity contribution >= 4 is 23.2 Å². The third kappa shape index (κ3) is 9.19. The third-order valence-electron chi connectivity index (χ3n) is 7.28. The number of carbonyl (C=O) groups is 2. The number of hydrogen-bond donors (Lipinski definition) is 3. The van der Waals surface area contributed by atoms with E-state index < -0.39 is 18.1 Å². The zero-order valence-corrected chi connectivity index (χ0v) is 26.7. The monoisotopic (exact) mass is 615 g/mol. The zero-order chi connectivity index (χ0) is 31.6. The molecule has 2 heterocycles. The van der Waals surface area contributed by atoms with E-state index in [9.17, 15) is 14.7 Å². The number of aryl methyl sites for hydroxylation is 1. The summed E-state index contributed by atoms with van der Waals surface area (Å²) in [6.45, 7) is 7.30. The quantitative estimate of drug-likeness (QED) is 0.188. The van der Waals surface area contributed by atoms with Gasteiger partial charge in [0.2, 0.25) is 0 Å². The van der Waals surface area contributed by atoms with Crippen molar-refractivity contribution < 1.29 is 19.4 Å². The van der Waals surface area contributed by atoms with Crippen LogP contribution in [0.1, 0.15) is 67.9 Å². The summed E-state index contributed by atoms with van der Waals surface area (Å²) in [5.74, 6) is 0.0871. The van der Waals surface area contributed by atoms with Gasteiger partial charge in [0.25, 0.3) is 11.8 Å². The predicted octanol–water partition coefficient (Wildman–Crippen LogP) is 4.74. The topological polar surface area (TPSA) is 117 Å². The Balaban J connectivity index is 1.48. The van der Waals surface area contributed by atoms with Crippen LogP contribution in [0.5, 0.6) is 5.75 Å². The van der Waals surface area contributed by atoms with E-state index in [4.69, 9.17) is 4.74 Å². The number of benzene rings is 2. The summed E-state index contributed by atoms with van der Waals surface area (Å²) >= 11 is 1.50. The highest BCUT2D eigenvalue weighted by Gasteiger charge is 2.24. The molecule has 0 saturated carbocycles. The molecule has 3 N–H and O–H groups in total. The molecule has 0 spiro atoms. The van der Waals surface area contributed by atoms with E-state index in [1.165, 1.54) is 18.4 Å². The number of carbonyl (C=O) groups excluding carboxylic acids is 2. The first-order valence-electron chi connectivity index (χ1n) is 14.7. The molecule has 4 rings (SSSR count). The van der Waals surface area contributed by atoms with Gasteiger partial charge >= 0.3 is 0 Å². The lowest BCUT2D eigenvalue weighted by Gasteiger charge is -2.25. The summed E-state index contributed by atoms with van der Waals surface area (Å²) in [7, 11) is 3.19. The lowest BCUT2D eigenvalue weighted by molar-refractivity contribution is 0.0784. The number of amides is 2. The van der Waals surface area contributed by atoms with Crippen LogP contribution in [-0.4, -0.2) is 64.6 Å². The highest BCUT2D eigenvalue weighted by atomic mass is 32.1. The van der Waals surface area contributed by atoms with Gasteiger partial charge in [-0.3, -0.25) is 14.6 Å². The lowest BCUT2D eigenvalue weighted by Crippen LogP contribution is -2.48. The highest BCUT2D eigenvalue weighted by molar-refractivity contribution is 7.09. The fraction of sp³-hybridized carbons (Fsp3) is 0.353. The van der Waals surface area contributed by atoms with Gasteiger partial charge in [-0.05, 0) is 54.2 Å². The number of ether oxygens (including phenoxy) is 1. The molecule has 0 aliphatic carbocycles. The first-order valence-corrected chi connectivity index (χ1v) is 15.5. The molecule has 0 aliphatic rings. The van der Waals surface area contributed by atoms with E-state index in [-0.39, 0.29) is 18.0 Å². The molecular formula is C34H41N5O4S. The molecule has 0 fully saturated rings. The third-order valence-corrected chi connectivity index (χ3v) is 8.23. The average Bonchev–Trinajstić information content (AvgIpc) is 3.44. The van der Waals surface area contributed by atoms with Crippen LogP contribution >= 0.6 is 11.3 Å². The van der Waals surface area contributed by atoms with E-state index >= 15 is 0 Å². The van der Waals surface area contributed by atoms with Crippen LogP contribution in [0.15, 0.2) is 72.4 Å². The molecule has 0 radical (unpaired) electrons. The van der Waals surface area contributed by atoms with Crippen molar-refractivity contribution in [3.8, 4) is 5.75 Å². The van der Waals surface area contributed by atoms with Gasteiger partial charge in [0.15, 0.2) is 0 Å². The van der Waals surface area contributed by atoms with Gasteiger partial charge in [-0.15, -0.1) is 11.3 Å². The van der Waals surface area contributed by atoms with E-state index in [0.29, 0.717) is 36.7 Å². The number of nitrogens with zero attached hydrogens (tertiary/aromatic N) is 3. The Morgan fingerprint density at radius 3 is 2.48 bits per heavy atom. The summed E-state index contributed by atoms with van der Waals surface area (Å²) < 4.78 is 5.44. The first kappa shape index (κ1) is 32.8. The minimum absolute atomic E-state index is 0.257. The Bertz CT molecular complexity index is 1540. The number of hydrogen-bond acceptors (Lipinski definition) is 8. The summed E-state index contributed by atoms with van der Waals surface area (Å²) in [4.78, 5) is 37.3. The van der Waals surface area contributed by atoms with Gasteiger partial charge in [-0.2, -0.15) is 0 Å². The van der Waals surface area contributed by atoms with Crippen LogP contribution in [0.3, 0.4) is 0 Å². The Kier molecular flexibility index (Phi) is 11.6. The van der Waals surface area contributed by atoms with E-state index in [0.717, 1.165) is 27.4 Å². The second-order valence-corrected chi connectivity index (χ2v) is 12.2. The average molecular weight is 616 g/mol. The van der Waals surface area contributed by atoms with Crippen LogP contribution in [0.4, 0.5) is 0 Å². The Labute approximate surface area is 263 Å². The Morgan fingerprint density at radius 2 is 1.80 bits per heavy atom. The largest absolute Gasteiger partial charge is 0.497 e. The summed E-state index contributed by atoms with van der Waals surface area (Å²) in [6.07, 6.45) is 3.21. The molecule has 4 aromatic rings. The first-order chi connectivity index (χ1) is 21.1. The number of aliphatic hydroxyl groups excluding tert-OH is 1. The molecule has 2 atom stereocenters. The fourth-order valence-corrected chi connectivity index (χ4v) is 5.60. The van der Waals surface area contributed by atoms with Gasteiger partial charge in [-0.1, -0.05) is 50.2 Å². The van der Waals surface area contributed by atoms with Gasteiger partial charge in [0, 0.05) is 54.7 Å². The molecule has 2 aromatic carbocycles. The fourth-order valence-electron chi connectivity index (χ4n) is 4.77. The van der Waals surface area contributed by atoms with Crippen molar-refractivity contribution in [1.29, 1.82) is 0 Å². The van der Waals surface area contributed by atoms with Crippen molar-refractivity contribution in [1.82, 2.24) is 25.5 Å². The van der Waals surface area contributed by atoms with Gasteiger partial charge in [0.1, 0.15) is 10.8 Å². The van der Waals surface area contributed by atoms with E-state index in [1.807, 2.05) is 55.0 Å². The van der Waals surface area contributed by atoms with Crippen LogP contribution in [0.25, 0.3) is 0 Å². The predicted molar refractivity (Wildman–Crippen MR) is 173 cm³/mol. The molecular weight excluding hydrogens is 574 g/mol. The van der Waals surface area contributed by atoms with Crippen molar-refractivity contribution in [3.63, 3.8) is 0 Å². The number of aliphatic hydroxyl groups is 1. The number of rotatable bonds is 14. The second kappa shape index (κ2) is 15.6. The molecule has 2 aromatic heterocycles. The number of thiazole rings is 1. The van der Waals surface area contributed by atoms with Gasteiger partial charge in [-0.25, -0.2) is 4.98 Å². The highest BCUT2D eigenvalue weighted by Crippen LogP contribution is 2.21. The maximum absolute atomic E-state index is 13.6. The molecule has 0 bridgehead atoms. The maximum atomic E-state index is 13.6. The van der Waals surface area contributed by atoms with Crippen molar-refractivity contribution in [2.75, 3.05) is 20.7 Å². The molecule has 0 aliphatic heterocycles. The standard InChI is InChI=1S/C34H41N5O4S/c1-22(2)28-11-25(16-35-18-28)17-36-19-31(40)30(12-24-9-7-6-8-10-24)38-33(41)26-13-27(15-29(14-26)43-5)34(42)39(4)20-32-37-23(3)21-44-32/h6-11,13-16,18,21-22,30-31,36,40H,12,17,19-20H2,1-5H3,(H,38,41)/t30-,31+/m0/s1. The molecule has 0 unspecified atom stereocenters. The SMILES string of the molecule is COc1cc(C(=O)N[C@@H](Cc2ccccc2)[C@H](O)CNCc2cncc(C(C)C)c2)cc(C(=O)N(C)Cc2nc(C)cs2)c1. The maximum Gasteiger partial charge on any atom is 0.254 e. The summed E-state index contributed by atoms with van der Waals surface area (Å²) in [5.41, 5.74) is 4.65. The summed E-state index contributed by atoms with van der Waals surface area (Å²) in [6, 6.07) is 16.0. The second-order valence-electron chi connectivity index (χ2n) is 11.2. The molecule has 2 amide bonds. The molecule has 44 heavy (non-hydrogen) atoms. The van der Waals surface area contributed by atoms with Gasteiger partial charge < -0.3 is 25.4 Å². The smallest absolute Gasteiger partial charge is 0.254 e. The Morgan fingerprint density at radius 1 is 1.05 bits per heavy atom. The van der Waals surface area contributed by atoms with Crippen molar-refractivity contribution in [2.24, 2.45) is 0 Å². The molecule has 9 nitrogen and oxygen atoms in total. The molecule has 232 valence electrons. The van der Waals surface area contributed by atoms with E-state index in [1.54, 1.807) is 30.1 Å². The molecule has 10 heteroatoms. The number of pyridine rings is 1. The van der Waals surface area contributed by atoms with Crippen LogP contribution in [0, 0.1) is 6.92 Å². The van der Waals surface area contributed by atoms with Crippen molar-refractivity contribution in [3.05, 3.63) is 111 Å². The number of aromatic nitrogens is 2. The minimum Gasteiger partial charge on any atom is -0.497 e. The normalized spacial score (nSPS) is 12.5. The molecule has 0 saturated heterocycles. The van der Waals surface area contributed by atoms with Crippen molar-refractivity contribution in [2.45, 2.75) is 58.3 Å². The van der Waals surface area contributed by atoms with Crippen LogP contribution in [0.2, 0.25) is 0 Å². The lowest BCUT2D eigenvalue weighted by atomic mass is 10.00. The van der Waals surface area contributed by atoms with E-state index in [2.05, 4.69) is 40.5 Å². The zero-order valence-electron chi connectivity index (χ0n) is 25.9. The minimum atomic E-state index is -0.889. The van der Waals surface area contributed by atoms with Crippen LogP contribution in [-0.2, 0) is 19.5 Å². The van der Waals surface area contributed by atoms with Crippen LogP contribution < -0.4 is 15.4 Å².